The number of benzene rings is 2. The van der Waals surface area contributed by atoms with Gasteiger partial charge in [0.1, 0.15) is 5.75 Å². The van der Waals surface area contributed by atoms with Crippen LogP contribution in [-0.2, 0) is 27.6 Å². The minimum atomic E-state index is -4.41. The van der Waals surface area contributed by atoms with Crippen LogP contribution in [0.4, 0.5) is 13.2 Å². The predicted octanol–water partition coefficient (Wildman–Crippen LogP) is 3.71. The van der Waals surface area contributed by atoms with Gasteiger partial charge in [0.05, 0.1) is 24.2 Å². The summed E-state index contributed by atoms with van der Waals surface area (Å²) in [5, 5.41) is 0. The fraction of sp³-hybridized carbons (Fsp3) is 0.300. The Kier molecular flexibility index (Phi) is 6.69. The molecule has 0 amide bonds. The number of alkyl halides is 3. The number of methoxy groups -OCH3 is 1. The summed E-state index contributed by atoms with van der Waals surface area (Å²) in [6, 6.07) is 11.0. The lowest BCUT2D eigenvalue weighted by atomic mass is 10.1. The maximum absolute atomic E-state index is 12.7. The highest BCUT2D eigenvalue weighted by molar-refractivity contribution is 7.89. The van der Waals surface area contributed by atoms with E-state index < -0.39 is 21.8 Å². The summed E-state index contributed by atoms with van der Waals surface area (Å²) < 4.78 is 70.1. The summed E-state index contributed by atoms with van der Waals surface area (Å²) in [6.07, 6.45) is -2.34. The summed E-state index contributed by atoms with van der Waals surface area (Å²) in [7, 11) is -2.13. The van der Waals surface area contributed by atoms with Crippen molar-refractivity contribution >= 4 is 10.0 Å². The van der Waals surface area contributed by atoms with Gasteiger partial charge in [0.25, 0.3) is 0 Å². The fourth-order valence-corrected chi connectivity index (χ4v) is 4.29. The highest BCUT2D eigenvalue weighted by atomic mass is 32.2. The van der Waals surface area contributed by atoms with Crippen molar-refractivity contribution < 1.29 is 31.2 Å². The van der Waals surface area contributed by atoms with Gasteiger partial charge in [-0.05, 0) is 48.0 Å². The lowest BCUT2D eigenvalue weighted by Crippen LogP contribution is -2.36. The number of nitrogens with one attached hydrogen (secondary N) is 1. The average Bonchev–Trinajstić information content (AvgIpc) is 2.74. The summed E-state index contributed by atoms with van der Waals surface area (Å²) in [5.74, 6) is 0.567. The van der Waals surface area contributed by atoms with Crippen molar-refractivity contribution in [2.75, 3.05) is 20.2 Å². The van der Waals surface area contributed by atoms with Gasteiger partial charge in [-0.3, -0.25) is 10.3 Å². The van der Waals surface area contributed by atoms with Crippen LogP contribution < -0.4 is 10.2 Å². The van der Waals surface area contributed by atoms with Crippen molar-refractivity contribution in [1.29, 1.82) is 0 Å². The normalized spacial score (nSPS) is 15.5. The molecule has 1 aliphatic rings. The van der Waals surface area contributed by atoms with E-state index >= 15 is 0 Å². The lowest BCUT2D eigenvalue weighted by Gasteiger charge is -2.26. The maximum atomic E-state index is 12.7. The van der Waals surface area contributed by atoms with Crippen molar-refractivity contribution in [3.05, 3.63) is 71.4 Å². The Morgan fingerprint density at radius 1 is 1.13 bits per heavy atom. The molecule has 1 aliphatic heterocycles. The topological polar surface area (TPSA) is 67.9 Å². The zero-order valence-electron chi connectivity index (χ0n) is 16.1. The van der Waals surface area contributed by atoms with E-state index in [0.717, 1.165) is 12.1 Å². The molecule has 2 aromatic carbocycles. The highest BCUT2D eigenvalue weighted by Crippen LogP contribution is 2.29. The van der Waals surface area contributed by atoms with Crippen LogP contribution in [0.3, 0.4) is 0 Å². The Morgan fingerprint density at radius 2 is 1.87 bits per heavy atom. The number of ether oxygens (including phenoxy) is 1. The Bertz CT molecular complexity index is 1010. The van der Waals surface area contributed by atoms with Crippen LogP contribution in [0.1, 0.15) is 17.5 Å². The second kappa shape index (κ2) is 9.07. The molecule has 1 heterocycles. The fourth-order valence-electron chi connectivity index (χ4n) is 2.91. The van der Waals surface area contributed by atoms with E-state index in [1.54, 1.807) is 18.2 Å². The zero-order chi connectivity index (χ0) is 21.8. The van der Waals surface area contributed by atoms with Crippen LogP contribution in [0.2, 0.25) is 0 Å². The number of nitrogens with zero attached hydrogens (tertiary/aromatic N) is 1. The first-order valence-electron chi connectivity index (χ1n) is 9.07. The van der Waals surface area contributed by atoms with Gasteiger partial charge in [-0.2, -0.15) is 17.5 Å². The minimum absolute atomic E-state index is 0.0604. The number of sulfonamides is 1. The molecule has 6 nitrogen and oxygen atoms in total. The van der Waals surface area contributed by atoms with Gasteiger partial charge in [0.2, 0.25) is 10.0 Å². The molecule has 0 unspecified atom stereocenters. The van der Waals surface area contributed by atoms with Gasteiger partial charge in [0.15, 0.2) is 0 Å². The third-order valence-corrected chi connectivity index (χ3v) is 6.44. The average molecular weight is 442 g/mol. The van der Waals surface area contributed by atoms with E-state index in [1.807, 2.05) is 0 Å². The van der Waals surface area contributed by atoms with E-state index in [4.69, 9.17) is 9.57 Å². The van der Waals surface area contributed by atoms with Crippen molar-refractivity contribution in [2.24, 2.45) is 0 Å². The van der Waals surface area contributed by atoms with E-state index in [1.165, 1.54) is 35.7 Å². The summed E-state index contributed by atoms with van der Waals surface area (Å²) in [4.78, 5) is 5.47. The van der Waals surface area contributed by atoms with Crippen molar-refractivity contribution in [1.82, 2.24) is 9.79 Å². The molecule has 0 atom stereocenters. The lowest BCUT2D eigenvalue weighted by molar-refractivity contribution is -0.137. The number of hydrogen-bond acceptors (Lipinski definition) is 5. The van der Waals surface area contributed by atoms with Crippen LogP contribution in [0, 0.1) is 0 Å². The van der Waals surface area contributed by atoms with Gasteiger partial charge < -0.3 is 4.74 Å². The summed E-state index contributed by atoms with van der Waals surface area (Å²) >= 11 is 0. The van der Waals surface area contributed by atoms with Crippen LogP contribution in [0.15, 0.2) is 65.2 Å². The molecule has 30 heavy (non-hydrogen) atoms. The Balaban J connectivity index is 1.55. The molecule has 0 bridgehead atoms. The summed E-state index contributed by atoms with van der Waals surface area (Å²) in [6.45, 7) is 0.346. The second-order valence-electron chi connectivity index (χ2n) is 6.61. The molecular weight excluding hydrogens is 421 g/mol. The SMILES string of the molecule is COc1ccc(S(=O)(=O)N2CC=C(NOCc3cccc(C(F)(F)F)c3)CC2)cc1. The molecule has 2 aromatic rings. The Morgan fingerprint density at radius 3 is 2.47 bits per heavy atom. The van der Waals surface area contributed by atoms with E-state index in [9.17, 15) is 21.6 Å². The molecule has 10 heteroatoms. The molecule has 1 N–H and O–H groups in total. The minimum Gasteiger partial charge on any atom is -0.497 e. The largest absolute Gasteiger partial charge is 0.497 e. The number of hydrogen-bond donors (Lipinski definition) is 1. The van der Waals surface area contributed by atoms with E-state index in [0.29, 0.717) is 23.4 Å². The maximum Gasteiger partial charge on any atom is 0.416 e. The third-order valence-electron chi connectivity index (χ3n) is 4.57. The standard InChI is InChI=1S/C20H21F3N2O4S/c1-28-18-5-7-19(8-6-18)30(26,27)25-11-9-17(10-12-25)24-29-14-15-3-2-4-16(13-15)20(21,22)23/h2-9,13,24H,10-12,14H2,1H3. The van der Waals surface area contributed by atoms with Crippen LogP contribution in [-0.4, -0.2) is 32.9 Å². The quantitative estimate of drug-likeness (QED) is 0.662. The van der Waals surface area contributed by atoms with Gasteiger partial charge >= 0.3 is 6.18 Å². The molecule has 162 valence electrons. The number of hydroxylamine groups is 1. The molecule has 0 spiro atoms. The predicted molar refractivity (Wildman–Crippen MR) is 104 cm³/mol. The van der Waals surface area contributed by atoms with Crippen molar-refractivity contribution in [3.8, 4) is 5.75 Å². The third kappa shape index (κ3) is 5.32. The highest BCUT2D eigenvalue weighted by Gasteiger charge is 2.30. The van der Waals surface area contributed by atoms with Gasteiger partial charge in [-0.25, -0.2) is 8.42 Å². The smallest absolute Gasteiger partial charge is 0.416 e. The molecule has 0 fully saturated rings. The first-order chi connectivity index (χ1) is 14.2. The van der Waals surface area contributed by atoms with E-state index in [-0.39, 0.29) is 24.6 Å². The van der Waals surface area contributed by atoms with Gasteiger partial charge in [-0.15, -0.1) is 0 Å². The van der Waals surface area contributed by atoms with Gasteiger partial charge in [-0.1, -0.05) is 12.1 Å². The van der Waals surface area contributed by atoms with Crippen LogP contribution in [0.25, 0.3) is 0 Å². The molecule has 3 rings (SSSR count). The van der Waals surface area contributed by atoms with Crippen LogP contribution in [0.5, 0.6) is 5.75 Å². The van der Waals surface area contributed by atoms with Crippen LogP contribution >= 0.6 is 0 Å². The van der Waals surface area contributed by atoms with Gasteiger partial charge in [0, 0.05) is 25.2 Å². The molecule has 0 aliphatic carbocycles. The Labute approximate surface area is 172 Å². The van der Waals surface area contributed by atoms with Crippen molar-refractivity contribution in [2.45, 2.75) is 24.1 Å². The number of rotatable bonds is 7. The van der Waals surface area contributed by atoms with E-state index in [2.05, 4.69) is 5.48 Å². The Hall–Kier alpha value is -2.56. The molecule has 0 saturated heterocycles. The number of halogens is 3. The summed E-state index contributed by atoms with van der Waals surface area (Å²) in [5.41, 5.74) is 3.00. The monoisotopic (exact) mass is 442 g/mol. The molecule has 0 aromatic heterocycles. The second-order valence-corrected chi connectivity index (χ2v) is 8.54. The van der Waals surface area contributed by atoms with Crippen molar-refractivity contribution in [3.63, 3.8) is 0 Å². The zero-order valence-corrected chi connectivity index (χ0v) is 17.0. The first kappa shape index (κ1) is 22.1. The molecule has 0 saturated carbocycles. The molecular formula is C20H21F3N2O4S. The molecule has 0 radical (unpaired) electrons. The first-order valence-corrected chi connectivity index (χ1v) is 10.5.